The summed E-state index contributed by atoms with van der Waals surface area (Å²) in [6.07, 6.45) is 6.56. The molecule has 0 bridgehead atoms. The molecule has 1 rings (SSSR count). The van der Waals surface area contributed by atoms with Crippen LogP contribution in [-0.4, -0.2) is 23.0 Å². The van der Waals surface area contributed by atoms with Gasteiger partial charge in [-0.25, -0.2) is 17.6 Å². The SMILES string of the molecule is CCCc1n(C)cc[n+]1C.O=S(=O)([O-])C(F)(F)F. The number of aryl methyl sites for hydroxylation is 2. The van der Waals surface area contributed by atoms with Crippen molar-refractivity contribution in [3.05, 3.63) is 18.2 Å². The Morgan fingerprint density at radius 2 is 1.89 bits per heavy atom. The zero-order valence-electron chi connectivity index (χ0n) is 10.2. The summed E-state index contributed by atoms with van der Waals surface area (Å²) in [4.78, 5) is 0. The van der Waals surface area contributed by atoms with Crippen LogP contribution in [0.25, 0.3) is 0 Å². The van der Waals surface area contributed by atoms with Gasteiger partial charge in [-0.2, -0.15) is 13.2 Å². The zero-order chi connectivity index (χ0) is 14.6. The molecule has 5 nitrogen and oxygen atoms in total. The smallest absolute Gasteiger partial charge is 0.485 e. The van der Waals surface area contributed by atoms with E-state index in [1.807, 2.05) is 0 Å². The highest BCUT2D eigenvalue weighted by Gasteiger charge is 2.36. The van der Waals surface area contributed by atoms with E-state index in [1.165, 1.54) is 18.7 Å². The topological polar surface area (TPSA) is 66.0 Å². The second-order valence-corrected chi connectivity index (χ2v) is 4.96. The van der Waals surface area contributed by atoms with Crippen molar-refractivity contribution in [2.75, 3.05) is 0 Å². The number of alkyl halides is 3. The molecule has 0 radical (unpaired) electrons. The second-order valence-electron chi connectivity index (χ2n) is 3.59. The van der Waals surface area contributed by atoms with E-state index in [0.29, 0.717) is 0 Å². The molecule has 0 spiro atoms. The second kappa shape index (κ2) is 6.19. The van der Waals surface area contributed by atoms with Crippen LogP contribution in [0.5, 0.6) is 0 Å². The van der Waals surface area contributed by atoms with Crippen LogP contribution in [0.2, 0.25) is 0 Å². The minimum Gasteiger partial charge on any atom is -0.741 e. The van der Waals surface area contributed by atoms with Crippen molar-refractivity contribution in [2.24, 2.45) is 14.1 Å². The van der Waals surface area contributed by atoms with Crippen LogP contribution < -0.4 is 4.57 Å². The van der Waals surface area contributed by atoms with E-state index in [0.717, 1.165) is 0 Å². The molecule has 0 amide bonds. The highest BCUT2D eigenvalue weighted by molar-refractivity contribution is 7.86. The van der Waals surface area contributed by atoms with Gasteiger partial charge in [0.1, 0.15) is 12.4 Å². The first-order valence-corrected chi connectivity index (χ1v) is 6.43. The third-order valence-corrected chi connectivity index (χ3v) is 2.65. The normalized spacial score (nSPS) is 11.9. The molecule has 18 heavy (non-hydrogen) atoms. The van der Waals surface area contributed by atoms with Gasteiger partial charge in [0.2, 0.25) is 0 Å². The number of hydrogen-bond donors (Lipinski definition) is 0. The number of nitrogens with zero attached hydrogens (tertiary/aromatic N) is 2. The molecule has 1 aromatic rings. The first kappa shape index (κ1) is 16.9. The fraction of sp³-hybridized carbons (Fsp3) is 0.667. The van der Waals surface area contributed by atoms with Crippen LogP contribution >= 0.6 is 0 Å². The summed E-state index contributed by atoms with van der Waals surface area (Å²) in [7, 11) is -1.91. The molecule has 0 saturated carbocycles. The molecule has 9 heteroatoms. The van der Waals surface area contributed by atoms with Crippen LogP contribution in [0.3, 0.4) is 0 Å². The first-order valence-electron chi connectivity index (χ1n) is 5.02. The number of aromatic nitrogens is 2. The molecule has 0 aliphatic carbocycles. The predicted molar refractivity (Wildman–Crippen MR) is 56.3 cm³/mol. The molecule has 0 aliphatic heterocycles. The summed E-state index contributed by atoms with van der Waals surface area (Å²) >= 11 is 0. The fourth-order valence-corrected chi connectivity index (χ4v) is 1.20. The van der Waals surface area contributed by atoms with E-state index >= 15 is 0 Å². The van der Waals surface area contributed by atoms with Crippen LogP contribution in [0, 0.1) is 0 Å². The maximum atomic E-state index is 10.7. The zero-order valence-corrected chi connectivity index (χ0v) is 11.0. The third kappa shape index (κ3) is 5.05. The van der Waals surface area contributed by atoms with Gasteiger partial charge in [-0.15, -0.1) is 0 Å². The van der Waals surface area contributed by atoms with Crippen molar-refractivity contribution >= 4 is 10.1 Å². The number of hydrogen-bond acceptors (Lipinski definition) is 3. The molecular formula is C9H15F3N2O3S. The summed E-state index contributed by atoms with van der Waals surface area (Å²) in [6, 6.07) is 0. The highest BCUT2D eigenvalue weighted by Crippen LogP contribution is 2.20. The molecule has 0 unspecified atom stereocenters. The number of halogens is 3. The number of rotatable bonds is 2. The Balaban J connectivity index is 0.000000331. The lowest BCUT2D eigenvalue weighted by Gasteiger charge is -2.08. The molecule has 1 aromatic heterocycles. The minimum atomic E-state index is -6.09. The van der Waals surface area contributed by atoms with E-state index in [1.54, 1.807) is 0 Å². The Morgan fingerprint density at radius 3 is 2.11 bits per heavy atom. The molecule has 0 aromatic carbocycles. The molecular weight excluding hydrogens is 273 g/mol. The summed E-state index contributed by atoms with van der Waals surface area (Å²) in [6.45, 7) is 2.20. The van der Waals surface area contributed by atoms with Gasteiger partial charge in [0.25, 0.3) is 5.82 Å². The van der Waals surface area contributed by atoms with Crippen LogP contribution in [-0.2, 0) is 30.6 Å². The Kier molecular flexibility index (Phi) is 5.81. The van der Waals surface area contributed by atoms with Crippen molar-refractivity contribution < 1.29 is 30.7 Å². The molecule has 0 fully saturated rings. The maximum Gasteiger partial charge on any atom is 0.485 e. The quantitative estimate of drug-likeness (QED) is 0.460. The standard InChI is InChI=1S/C8H15N2.CHF3O3S/c1-4-5-8-9(2)6-7-10(8)3;2-1(3,4)8(5,6)7/h6-7H,4-5H2,1-3H3;(H,5,6,7)/q+1;/p-1. The first-order chi connectivity index (χ1) is 8.00. The van der Waals surface area contributed by atoms with Gasteiger partial charge in [0, 0.05) is 6.42 Å². The van der Waals surface area contributed by atoms with Crippen molar-refractivity contribution in [3.8, 4) is 0 Å². The Bertz CT molecular complexity index is 460. The van der Waals surface area contributed by atoms with E-state index in [-0.39, 0.29) is 0 Å². The third-order valence-electron chi connectivity index (χ3n) is 2.09. The molecule has 1 heterocycles. The van der Waals surface area contributed by atoms with E-state index in [4.69, 9.17) is 13.0 Å². The summed E-state index contributed by atoms with van der Waals surface area (Å²) in [5.74, 6) is 1.39. The van der Waals surface area contributed by atoms with Crippen LogP contribution in [0.1, 0.15) is 19.2 Å². The van der Waals surface area contributed by atoms with Gasteiger partial charge in [-0.3, -0.25) is 0 Å². The van der Waals surface area contributed by atoms with Gasteiger partial charge in [-0.1, -0.05) is 6.92 Å². The summed E-state index contributed by atoms with van der Waals surface area (Å²) in [5.41, 5.74) is -5.65. The van der Waals surface area contributed by atoms with Gasteiger partial charge >= 0.3 is 5.51 Å². The molecule has 0 N–H and O–H groups in total. The van der Waals surface area contributed by atoms with E-state index in [9.17, 15) is 13.2 Å². The highest BCUT2D eigenvalue weighted by atomic mass is 32.2. The van der Waals surface area contributed by atoms with Gasteiger partial charge < -0.3 is 4.55 Å². The average molecular weight is 288 g/mol. The Morgan fingerprint density at radius 1 is 1.44 bits per heavy atom. The lowest BCUT2D eigenvalue weighted by Crippen LogP contribution is -2.31. The number of imidazole rings is 1. The fourth-order valence-electron chi connectivity index (χ4n) is 1.20. The monoisotopic (exact) mass is 288 g/mol. The summed E-state index contributed by atoms with van der Waals surface area (Å²) < 4.78 is 63.2. The lowest BCUT2D eigenvalue weighted by atomic mass is 10.3. The van der Waals surface area contributed by atoms with Crippen LogP contribution in [0.4, 0.5) is 13.2 Å². The van der Waals surface area contributed by atoms with E-state index in [2.05, 4.69) is 42.5 Å². The van der Waals surface area contributed by atoms with Crippen molar-refractivity contribution in [1.29, 1.82) is 0 Å². The van der Waals surface area contributed by atoms with Crippen molar-refractivity contribution in [2.45, 2.75) is 25.3 Å². The lowest BCUT2D eigenvalue weighted by molar-refractivity contribution is -0.678. The summed E-state index contributed by atoms with van der Waals surface area (Å²) in [5, 5.41) is 0. The van der Waals surface area contributed by atoms with Crippen molar-refractivity contribution in [3.63, 3.8) is 0 Å². The molecule has 0 saturated heterocycles. The minimum absolute atomic E-state index is 1.17. The molecule has 106 valence electrons. The van der Waals surface area contributed by atoms with E-state index < -0.39 is 15.6 Å². The van der Waals surface area contributed by atoms with Gasteiger partial charge in [0.05, 0.1) is 14.1 Å². The maximum absolute atomic E-state index is 10.7. The van der Waals surface area contributed by atoms with Crippen molar-refractivity contribution in [1.82, 2.24) is 4.57 Å². The average Bonchev–Trinajstić information content (AvgIpc) is 2.48. The molecule has 0 aliphatic rings. The molecule has 0 atom stereocenters. The largest absolute Gasteiger partial charge is 0.741 e. The predicted octanol–water partition coefficient (Wildman–Crippen LogP) is 0.854. The van der Waals surface area contributed by atoms with Gasteiger partial charge in [0.15, 0.2) is 10.1 Å². The van der Waals surface area contributed by atoms with Crippen LogP contribution in [0.15, 0.2) is 12.4 Å². The van der Waals surface area contributed by atoms with Gasteiger partial charge in [-0.05, 0) is 6.42 Å². The Labute approximate surface area is 104 Å². The Hall–Kier alpha value is -1.09.